The van der Waals surface area contributed by atoms with Crippen molar-refractivity contribution in [3.8, 4) is 17.7 Å². The molecule has 0 amide bonds. The molecule has 0 saturated carbocycles. The lowest BCUT2D eigenvalue weighted by molar-refractivity contribution is -0.386. The minimum Gasteiger partial charge on any atom is -0.476 e. The van der Waals surface area contributed by atoms with Crippen molar-refractivity contribution < 1.29 is 14.5 Å². The zero-order chi connectivity index (χ0) is 14.3. The second kappa shape index (κ2) is 7.38. The number of thioether (sulfide) groups is 1. The van der Waals surface area contributed by atoms with Crippen molar-refractivity contribution in [3.63, 3.8) is 0 Å². The first-order valence-electron chi connectivity index (χ1n) is 5.35. The first-order valence-corrected chi connectivity index (χ1v) is 6.34. The fourth-order valence-corrected chi connectivity index (χ4v) is 1.70. The Morgan fingerprint density at radius 1 is 1.63 bits per heavy atom. The van der Waals surface area contributed by atoms with Crippen LogP contribution in [0.5, 0.6) is 5.88 Å². The van der Waals surface area contributed by atoms with Crippen LogP contribution in [0.2, 0.25) is 0 Å². The Bertz CT molecular complexity index is 548. The van der Waals surface area contributed by atoms with Gasteiger partial charge in [0.15, 0.2) is 5.12 Å². The highest BCUT2D eigenvalue weighted by Crippen LogP contribution is 2.24. The predicted octanol–water partition coefficient (Wildman–Crippen LogP) is 2.02. The minimum atomic E-state index is -0.567. The van der Waals surface area contributed by atoms with Gasteiger partial charge >= 0.3 is 5.69 Å². The Balaban J connectivity index is 2.74. The first-order chi connectivity index (χ1) is 9.04. The number of hydrogen-bond acceptors (Lipinski definition) is 6. The molecule has 0 aliphatic rings. The molecular formula is C12H12N2O4S. The van der Waals surface area contributed by atoms with Gasteiger partial charge < -0.3 is 4.74 Å². The maximum absolute atomic E-state index is 10.8. The van der Waals surface area contributed by atoms with E-state index in [4.69, 9.17) is 4.74 Å². The van der Waals surface area contributed by atoms with Gasteiger partial charge in [0.2, 0.25) is 0 Å². The van der Waals surface area contributed by atoms with Gasteiger partial charge in [-0.3, -0.25) is 14.9 Å². The number of ether oxygens (including phenoxy) is 1. The third-order valence-electron chi connectivity index (χ3n) is 1.99. The zero-order valence-electron chi connectivity index (χ0n) is 10.5. The molecule has 0 bridgehead atoms. The average Bonchev–Trinajstić information content (AvgIpc) is 2.37. The molecule has 19 heavy (non-hydrogen) atoms. The monoisotopic (exact) mass is 280 g/mol. The lowest BCUT2D eigenvalue weighted by Gasteiger charge is -1.99. The second-order valence-electron chi connectivity index (χ2n) is 3.40. The topological polar surface area (TPSA) is 82.3 Å². The number of hydrogen-bond donors (Lipinski definition) is 0. The van der Waals surface area contributed by atoms with E-state index in [1.807, 2.05) is 0 Å². The average molecular weight is 280 g/mol. The normalized spacial score (nSPS) is 9.37. The number of pyridine rings is 1. The number of methoxy groups -OCH3 is 1. The molecule has 0 saturated heterocycles. The summed E-state index contributed by atoms with van der Waals surface area (Å²) in [6, 6.07) is 1.32. The molecule has 0 aliphatic heterocycles. The van der Waals surface area contributed by atoms with E-state index in [1.54, 1.807) is 0 Å². The molecule has 0 spiro atoms. The fourth-order valence-electron chi connectivity index (χ4n) is 1.21. The summed E-state index contributed by atoms with van der Waals surface area (Å²) in [5, 5.41) is 10.8. The quantitative estimate of drug-likeness (QED) is 0.363. The number of rotatable bonds is 4. The highest BCUT2D eigenvalue weighted by molar-refractivity contribution is 8.13. The Labute approximate surface area is 114 Å². The molecule has 0 unspecified atom stereocenters. The number of carbonyl (C=O) groups is 1. The summed E-state index contributed by atoms with van der Waals surface area (Å²) in [6.45, 7) is 1.49. The molecule has 0 aromatic carbocycles. The number of nitro groups is 1. The van der Waals surface area contributed by atoms with Crippen molar-refractivity contribution in [3.05, 3.63) is 27.9 Å². The van der Waals surface area contributed by atoms with Crippen LogP contribution in [-0.4, -0.2) is 27.9 Å². The zero-order valence-corrected chi connectivity index (χ0v) is 11.3. The minimum absolute atomic E-state index is 0.0392. The maximum Gasteiger partial charge on any atom is 0.332 e. The number of nitrogens with zero attached hydrogens (tertiary/aromatic N) is 2. The maximum atomic E-state index is 10.8. The van der Waals surface area contributed by atoms with E-state index in [2.05, 4.69) is 16.8 Å². The van der Waals surface area contributed by atoms with Crippen molar-refractivity contribution >= 4 is 22.6 Å². The van der Waals surface area contributed by atoms with Crippen LogP contribution in [0.1, 0.15) is 18.9 Å². The van der Waals surface area contributed by atoms with E-state index < -0.39 is 4.92 Å². The molecule has 0 aliphatic carbocycles. The van der Waals surface area contributed by atoms with Crippen LogP contribution < -0.4 is 4.74 Å². The van der Waals surface area contributed by atoms with E-state index in [0.717, 1.165) is 0 Å². The lowest BCUT2D eigenvalue weighted by atomic mass is 10.2. The van der Waals surface area contributed by atoms with Crippen LogP contribution in [-0.2, 0) is 4.79 Å². The van der Waals surface area contributed by atoms with Crippen molar-refractivity contribution in [2.75, 3.05) is 12.9 Å². The first kappa shape index (κ1) is 15.0. The van der Waals surface area contributed by atoms with Crippen molar-refractivity contribution in [1.29, 1.82) is 0 Å². The molecule has 6 nitrogen and oxygen atoms in total. The molecule has 7 heteroatoms. The molecule has 0 fully saturated rings. The van der Waals surface area contributed by atoms with Gasteiger partial charge in [-0.25, -0.2) is 4.98 Å². The summed E-state index contributed by atoms with van der Waals surface area (Å²) >= 11 is 1.20. The van der Waals surface area contributed by atoms with Gasteiger partial charge in [0.25, 0.3) is 5.88 Å². The van der Waals surface area contributed by atoms with Gasteiger partial charge in [-0.2, -0.15) is 0 Å². The molecule has 1 aromatic heterocycles. The van der Waals surface area contributed by atoms with Crippen LogP contribution in [0.15, 0.2) is 12.3 Å². The summed E-state index contributed by atoms with van der Waals surface area (Å²) in [4.78, 5) is 24.7. The van der Waals surface area contributed by atoms with Crippen LogP contribution in [0.3, 0.4) is 0 Å². The highest BCUT2D eigenvalue weighted by Gasteiger charge is 2.16. The Morgan fingerprint density at radius 3 is 2.95 bits per heavy atom. The fraction of sp³-hybridized carbons (Fsp3) is 0.333. The number of carbonyl (C=O) groups excluding carboxylic acids is 1. The summed E-state index contributed by atoms with van der Waals surface area (Å²) < 4.78 is 4.79. The standard InChI is InChI=1S/C12H12N2O4S/c1-9(15)19-6-4-3-5-10-7-11(14(16)17)12(18-2)13-8-10/h7-8H,4,6H2,1-2H3. The number of aromatic nitrogens is 1. The summed E-state index contributed by atoms with van der Waals surface area (Å²) in [7, 11) is 1.32. The van der Waals surface area contributed by atoms with Gasteiger partial charge in [-0.05, 0) is 0 Å². The largest absolute Gasteiger partial charge is 0.476 e. The van der Waals surface area contributed by atoms with Crippen molar-refractivity contribution in [2.24, 2.45) is 0 Å². The SMILES string of the molecule is COc1ncc(C#CCCSC(C)=O)cc1[N+](=O)[O-]. The smallest absolute Gasteiger partial charge is 0.332 e. The molecule has 100 valence electrons. The molecule has 0 atom stereocenters. The Morgan fingerprint density at radius 2 is 2.37 bits per heavy atom. The van der Waals surface area contributed by atoms with Crippen molar-refractivity contribution in [1.82, 2.24) is 4.98 Å². The van der Waals surface area contributed by atoms with Gasteiger partial charge in [-0.15, -0.1) is 0 Å². The van der Waals surface area contributed by atoms with E-state index in [9.17, 15) is 14.9 Å². The predicted molar refractivity (Wildman–Crippen MR) is 72.1 cm³/mol. The van der Waals surface area contributed by atoms with E-state index in [-0.39, 0.29) is 16.7 Å². The van der Waals surface area contributed by atoms with Gasteiger partial charge in [-0.1, -0.05) is 23.6 Å². The molecular weight excluding hydrogens is 268 g/mol. The molecule has 0 radical (unpaired) electrons. The summed E-state index contributed by atoms with van der Waals surface area (Å²) in [5.41, 5.74) is 0.229. The Hall–Kier alpha value is -2.07. The summed E-state index contributed by atoms with van der Waals surface area (Å²) in [5.74, 6) is 6.17. The van der Waals surface area contributed by atoms with Crippen LogP contribution >= 0.6 is 11.8 Å². The highest BCUT2D eigenvalue weighted by atomic mass is 32.2. The van der Waals surface area contributed by atoms with Crippen molar-refractivity contribution in [2.45, 2.75) is 13.3 Å². The van der Waals surface area contributed by atoms with Crippen LogP contribution in [0.4, 0.5) is 5.69 Å². The van der Waals surface area contributed by atoms with Gasteiger partial charge in [0.1, 0.15) is 0 Å². The van der Waals surface area contributed by atoms with Crippen LogP contribution in [0, 0.1) is 22.0 Å². The molecule has 1 rings (SSSR count). The molecule has 1 heterocycles. The molecule has 0 N–H and O–H groups in total. The van der Waals surface area contributed by atoms with E-state index in [1.165, 1.54) is 38.1 Å². The van der Waals surface area contributed by atoms with E-state index >= 15 is 0 Å². The van der Waals surface area contributed by atoms with E-state index in [0.29, 0.717) is 17.7 Å². The Kier molecular flexibility index (Phi) is 5.82. The lowest BCUT2D eigenvalue weighted by Crippen LogP contribution is -1.96. The second-order valence-corrected chi connectivity index (χ2v) is 4.67. The van der Waals surface area contributed by atoms with Crippen LogP contribution in [0.25, 0.3) is 0 Å². The third kappa shape index (κ3) is 4.97. The third-order valence-corrected chi connectivity index (χ3v) is 2.80. The van der Waals surface area contributed by atoms with Gasteiger partial charge in [0, 0.05) is 36.9 Å². The molecule has 1 aromatic rings. The summed E-state index contributed by atoms with van der Waals surface area (Å²) in [6.07, 6.45) is 1.95. The van der Waals surface area contributed by atoms with Gasteiger partial charge in [0.05, 0.1) is 12.0 Å².